The van der Waals surface area contributed by atoms with Crippen molar-refractivity contribution in [3.05, 3.63) is 57.9 Å². The molecule has 152 valence electrons. The van der Waals surface area contributed by atoms with E-state index in [-0.39, 0.29) is 13.2 Å². The minimum Gasteiger partial charge on any atom is -0.480 e. The van der Waals surface area contributed by atoms with Crippen molar-refractivity contribution in [3.63, 3.8) is 0 Å². The number of benzene rings is 1. The first-order valence-electron chi connectivity index (χ1n) is 8.69. The zero-order valence-corrected chi connectivity index (χ0v) is 18.4. The molecule has 0 spiro atoms. The molecular weight excluding hydrogens is 426 g/mol. The number of thioether (sulfide) groups is 1. The molecule has 1 aromatic carbocycles. The normalized spacial score (nSPS) is 11.8. The van der Waals surface area contributed by atoms with Gasteiger partial charge in [0, 0.05) is 28.4 Å². The number of carbonyl (C=O) groups is 1. The maximum Gasteiger partial charge on any atom is 0.329 e. The Morgan fingerprint density at radius 1 is 1.41 bits per heavy atom. The van der Waals surface area contributed by atoms with Crippen molar-refractivity contribution in [2.75, 3.05) is 24.2 Å². The van der Waals surface area contributed by atoms with Crippen LogP contribution in [0.5, 0.6) is 0 Å². The first-order chi connectivity index (χ1) is 14.1. The highest BCUT2D eigenvalue weighted by molar-refractivity contribution is 8.01. The van der Waals surface area contributed by atoms with Gasteiger partial charge in [-0.15, -0.1) is 23.1 Å². The van der Waals surface area contributed by atoms with Gasteiger partial charge in [0.15, 0.2) is 0 Å². The van der Waals surface area contributed by atoms with Gasteiger partial charge in [-0.2, -0.15) is 0 Å². The van der Waals surface area contributed by atoms with Crippen LogP contribution in [0.15, 0.2) is 57.2 Å². The van der Waals surface area contributed by atoms with Gasteiger partial charge in [0.2, 0.25) is 0 Å². The Labute approximate surface area is 181 Å². The van der Waals surface area contributed by atoms with Crippen molar-refractivity contribution in [1.82, 2.24) is 4.98 Å². The standard InChI is InChI=1S/C20H21N3O3S3/c1-23(29-17-6-8-28-18(17)12-26-13-19(24)25)16-5-3-4-14-10-15(22-20(14)16)11-21-7-9-27-2/h3-11,22H,12-13H2,1-2H3,(H,24,25)/b9-7-,21-11?. The first-order valence-corrected chi connectivity index (χ1v) is 11.6. The minimum absolute atomic E-state index is 0.289. The summed E-state index contributed by atoms with van der Waals surface area (Å²) in [6.45, 7) is -0.00684. The lowest BCUT2D eigenvalue weighted by Gasteiger charge is -2.19. The summed E-state index contributed by atoms with van der Waals surface area (Å²) in [5.41, 5.74) is 3.03. The topological polar surface area (TPSA) is 77.9 Å². The largest absolute Gasteiger partial charge is 0.480 e. The fourth-order valence-corrected chi connectivity index (χ4v) is 4.73. The van der Waals surface area contributed by atoms with E-state index in [4.69, 9.17) is 9.84 Å². The number of aliphatic carboxylic acids is 1. The molecule has 3 aromatic rings. The van der Waals surface area contributed by atoms with Crippen molar-refractivity contribution in [1.29, 1.82) is 0 Å². The highest BCUT2D eigenvalue weighted by atomic mass is 32.2. The lowest BCUT2D eigenvalue weighted by molar-refractivity contribution is -0.142. The third kappa shape index (κ3) is 5.89. The van der Waals surface area contributed by atoms with Gasteiger partial charge >= 0.3 is 5.97 Å². The Hall–Kier alpha value is -2.20. The van der Waals surface area contributed by atoms with Crippen molar-refractivity contribution < 1.29 is 14.6 Å². The van der Waals surface area contributed by atoms with Gasteiger partial charge in [0.1, 0.15) is 6.61 Å². The molecule has 9 heteroatoms. The third-order valence-electron chi connectivity index (χ3n) is 3.89. The molecule has 6 nitrogen and oxygen atoms in total. The summed E-state index contributed by atoms with van der Waals surface area (Å²) in [6, 6.07) is 10.3. The number of aliphatic imine (C=N–C) groups is 1. The fraction of sp³-hybridized carbons (Fsp3) is 0.200. The van der Waals surface area contributed by atoms with E-state index in [9.17, 15) is 4.79 Å². The number of fused-ring (bicyclic) bond motifs is 1. The van der Waals surface area contributed by atoms with Crippen LogP contribution in [0.1, 0.15) is 10.6 Å². The van der Waals surface area contributed by atoms with Crippen LogP contribution in [-0.2, 0) is 16.1 Å². The maximum absolute atomic E-state index is 10.6. The van der Waals surface area contributed by atoms with E-state index in [1.807, 2.05) is 36.2 Å². The number of ether oxygens (including phenoxy) is 1. The minimum atomic E-state index is -0.963. The molecule has 29 heavy (non-hydrogen) atoms. The molecule has 0 fully saturated rings. The van der Waals surface area contributed by atoms with E-state index in [2.05, 4.69) is 32.5 Å². The average molecular weight is 448 g/mol. The van der Waals surface area contributed by atoms with Crippen LogP contribution in [0.25, 0.3) is 10.9 Å². The van der Waals surface area contributed by atoms with E-state index in [1.165, 1.54) is 0 Å². The van der Waals surface area contributed by atoms with Gasteiger partial charge in [-0.25, -0.2) is 4.79 Å². The Kier molecular flexibility index (Phi) is 7.82. The Balaban J connectivity index is 1.76. The number of carboxylic acid groups (broad SMARTS) is 1. The molecule has 0 saturated heterocycles. The summed E-state index contributed by atoms with van der Waals surface area (Å²) in [5.74, 6) is -0.963. The summed E-state index contributed by atoms with van der Waals surface area (Å²) >= 11 is 4.75. The summed E-state index contributed by atoms with van der Waals surface area (Å²) in [7, 11) is 2.01. The molecule has 0 unspecified atom stereocenters. The van der Waals surface area contributed by atoms with Crippen LogP contribution >= 0.6 is 35.0 Å². The summed E-state index contributed by atoms with van der Waals surface area (Å²) in [5, 5.41) is 13.8. The number of nitrogens with one attached hydrogen (secondary N) is 1. The van der Waals surface area contributed by atoms with E-state index in [0.29, 0.717) is 0 Å². The lowest BCUT2D eigenvalue weighted by Crippen LogP contribution is -2.08. The van der Waals surface area contributed by atoms with Gasteiger partial charge in [-0.1, -0.05) is 12.1 Å². The average Bonchev–Trinajstić information content (AvgIpc) is 3.31. The van der Waals surface area contributed by atoms with Crippen LogP contribution < -0.4 is 4.31 Å². The number of aromatic amines is 1. The predicted octanol–water partition coefficient (Wildman–Crippen LogP) is 5.23. The Morgan fingerprint density at radius 3 is 3.07 bits per heavy atom. The van der Waals surface area contributed by atoms with Gasteiger partial charge in [-0.3, -0.25) is 4.99 Å². The van der Waals surface area contributed by atoms with Crippen molar-refractivity contribution in [2.45, 2.75) is 11.5 Å². The quantitative estimate of drug-likeness (QED) is 0.327. The molecule has 0 atom stereocenters. The lowest BCUT2D eigenvalue weighted by atomic mass is 10.2. The second-order valence-electron chi connectivity index (χ2n) is 5.95. The second-order valence-corrected chi connectivity index (χ2v) is 8.86. The fourth-order valence-electron chi connectivity index (χ4n) is 2.66. The highest BCUT2D eigenvalue weighted by Crippen LogP contribution is 2.36. The van der Waals surface area contributed by atoms with E-state index >= 15 is 0 Å². The molecule has 3 rings (SSSR count). The molecule has 0 aliphatic rings. The van der Waals surface area contributed by atoms with Crippen LogP contribution in [0.4, 0.5) is 5.69 Å². The number of carboxylic acids is 1. The van der Waals surface area contributed by atoms with Crippen LogP contribution in [-0.4, -0.2) is 42.2 Å². The number of rotatable bonds is 10. The van der Waals surface area contributed by atoms with E-state index in [1.54, 1.807) is 47.5 Å². The summed E-state index contributed by atoms with van der Waals surface area (Å²) in [4.78, 5) is 20.4. The van der Waals surface area contributed by atoms with Crippen molar-refractivity contribution >= 4 is 63.8 Å². The molecule has 2 heterocycles. The number of hydrogen-bond acceptors (Lipinski definition) is 7. The molecular formula is C20H21N3O3S3. The van der Waals surface area contributed by atoms with E-state index < -0.39 is 5.97 Å². The zero-order chi connectivity index (χ0) is 20.6. The summed E-state index contributed by atoms with van der Waals surface area (Å²) < 4.78 is 7.34. The molecule has 0 radical (unpaired) electrons. The van der Waals surface area contributed by atoms with Gasteiger partial charge in [0.05, 0.1) is 29.7 Å². The highest BCUT2D eigenvalue weighted by Gasteiger charge is 2.13. The van der Waals surface area contributed by atoms with Gasteiger partial charge < -0.3 is 19.1 Å². The smallest absolute Gasteiger partial charge is 0.329 e. The molecule has 2 aromatic heterocycles. The van der Waals surface area contributed by atoms with Crippen molar-refractivity contribution in [2.24, 2.45) is 4.99 Å². The van der Waals surface area contributed by atoms with E-state index in [0.717, 1.165) is 32.1 Å². The number of hydrogen-bond donors (Lipinski definition) is 2. The molecule has 0 amide bonds. The molecule has 2 N–H and O–H groups in total. The number of aromatic nitrogens is 1. The molecule has 0 bridgehead atoms. The first kappa shape index (κ1) is 21.5. The zero-order valence-electron chi connectivity index (χ0n) is 16.0. The Bertz CT molecular complexity index is 1030. The monoisotopic (exact) mass is 447 g/mol. The third-order valence-corrected chi connectivity index (χ3v) is 6.36. The predicted molar refractivity (Wildman–Crippen MR) is 124 cm³/mol. The van der Waals surface area contributed by atoms with Crippen LogP contribution in [0.2, 0.25) is 0 Å². The number of para-hydroxylation sites is 1. The molecule has 0 saturated carbocycles. The van der Waals surface area contributed by atoms with Crippen molar-refractivity contribution in [3.8, 4) is 0 Å². The number of thiophene rings is 1. The van der Waals surface area contributed by atoms with Crippen LogP contribution in [0, 0.1) is 0 Å². The van der Waals surface area contributed by atoms with Gasteiger partial charge in [0.25, 0.3) is 0 Å². The second kappa shape index (κ2) is 10.5. The van der Waals surface area contributed by atoms with Gasteiger partial charge in [-0.05, 0) is 47.2 Å². The molecule has 0 aliphatic carbocycles. The number of anilines is 1. The number of nitrogens with zero attached hydrogens (tertiary/aromatic N) is 2. The SMILES string of the molecule is CS/C=C\N=Cc1cc2cccc(N(C)Sc3ccsc3COCC(=O)O)c2[nH]1. The summed E-state index contributed by atoms with van der Waals surface area (Å²) in [6.07, 6.45) is 5.57. The molecule has 0 aliphatic heterocycles. The number of H-pyrrole nitrogens is 1. The maximum atomic E-state index is 10.6. The van der Waals surface area contributed by atoms with Crippen LogP contribution in [0.3, 0.4) is 0 Å². The Morgan fingerprint density at radius 2 is 2.28 bits per heavy atom.